The standard InChI is InChI=1S/C10H25N3O/c1-6-7-8(9(11)12(2)3)10(14)13(4)5/h8-10,14H,6-7,11H2,1-5H3. The summed E-state index contributed by atoms with van der Waals surface area (Å²) in [7, 11) is 7.62. The van der Waals surface area contributed by atoms with Gasteiger partial charge in [-0.15, -0.1) is 0 Å². The quantitative estimate of drug-likeness (QED) is 0.603. The highest BCUT2D eigenvalue weighted by molar-refractivity contribution is 4.76. The van der Waals surface area contributed by atoms with Crippen molar-refractivity contribution in [3.63, 3.8) is 0 Å². The van der Waals surface area contributed by atoms with Crippen molar-refractivity contribution in [2.24, 2.45) is 11.7 Å². The lowest BCUT2D eigenvalue weighted by Gasteiger charge is -2.35. The van der Waals surface area contributed by atoms with Gasteiger partial charge in [-0.1, -0.05) is 13.3 Å². The van der Waals surface area contributed by atoms with E-state index in [9.17, 15) is 5.11 Å². The lowest BCUT2D eigenvalue weighted by molar-refractivity contribution is -0.0405. The summed E-state index contributed by atoms with van der Waals surface area (Å²) in [6, 6.07) is 0. The minimum Gasteiger partial charge on any atom is -0.378 e. The Balaban J connectivity index is 4.41. The van der Waals surface area contributed by atoms with Gasteiger partial charge in [0.2, 0.25) is 0 Å². The van der Waals surface area contributed by atoms with Gasteiger partial charge in [-0.25, -0.2) is 0 Å². The summed E-state index contributed by atoms with van der Waals surface area (Å²) in [6.07, 6.45) is 1.43. The van der Waals surface area contributed by atoms with Crippen LogP contribution < -0.4 is 5.73 Å². The number of aliphatic hydroxyl groups excluding tert-OH is 1. The molecule has 86 valence electrons. The van der Waals surface area contributed by atoms with Crippen molar-refractivity contribution in [2.45, 2.75) is 32.2 Å². The molecule has 0 saturated carbocycles. The second-order valence-corrected chi connectivity index (χ2v) is 4.28. The van der Waals surface area contributed by atoms with Gasteiger partial charge in [0.1, 0.15) is 6.23 Å². The third kappa shape index (κ3) is 3.92. The van der Waals surface area contributed by atoms with Gasteiger partial charge in [0.25, 0.3) is 0 Å². The molecule has 0 amide bonds. The predicted molar refractivity (Wildman–Crippen MR) is 59.8 cm³/mol. The number of rotatable bonds is 6. The largest absolute Gasteiger partial charge is 0.378 e. The van der Waals surface area contributed by atoms with Gasteiger partial charge in [-0.3, -0.25) is 9.80 Å². The molecular weight excluding hydrogens is 178 g/mol. The normalized spacial score (nSPS) is 18.6. The van der Waals surface area contributed by atoms with Crippen molar-refractivity contribution in [3.8, 4) is 0 Å². The molecule has 0 spiro atoms. The molecule has 0 bridgehead atoms. The molecule has 0 saturated heterocycles. The second-order valence-electron chi connectivity index (χ2n) is 4.28. The fourth-order valence-electron chi connectivity index (χ4n) is 1.60. The van der Waals surface area contributed by atoms with Gasteiger partial charge in [0.05, 0.1) is 6.17 Å². The van der Waals surface area contributed by atoms with Gasteiger partial charge in [0.15, 0.2) is 0 Å². The van der Waals surface area contributed by atoms with Crippen LogP contribution in [-0.2, 0) is 0 Å². The molecule has 0 aliphatic heterocycles. The molecule has 4 nitrogen and oxygen atoms in total. The van der Waals surface area contributed by atoms with Crippen LogP contribution in [0.5, 0.6) is 0 Å². The molecule has 0 radical (unpaired) electrons. The van der Waals surface area contributed by atoms with E-state index in [0.29, 0.717) is 0 Å². The van der Waals surface area contributed by atoms with Crippen molar-refractivity contribution >= 4 is 0 Å². The fourth-order valence-corrected chi connectivity index (χ4v) is 1.60. The maximum atomic E-state index is 9.96. The zero-order valence-electron chi connectivity index (χ0n) is 10.1. The fraction of sp³-hybridized carbons (Fsp3) is 1.00. The minimum absolute atomic E-state index is 0.0904. The SMILES string of the molecule is CCCC(C(N)N(C)C)C(O)N(C)C. The molecule has 0 fully saturated rings. The number of hydrogen-bond acceptors (Lipinski definition) is 4. The Labute approximate surface area is 87.7 Å². The van der Waals surface area contributed by atoms with E-state index < -0.39 is 6.23 Å². The van der Waals surface area contributed by atoms with Crippen molar-refractivity contribution in [1.29, 1.82) is 0 Å². The van der Waals surface area contributed by atoms with E-state index in [-0.39, 0.29) is 12.1 Å². The zero-order valence-corrected chi connectivity index (χ0v) is 10.1. The Hall–Kier alpha value is -0.160. The van der Waals surface area contributed by atoms with E-state index in [0.717, 1.165) is 12.8 Å². The smallest absolute Gasteiger partial charge is 0.112 e. The molecule has 3 unspecified atom stereocenters. The number of aliphatic hydroxyl groups is 1. The van der Waals surface area contributed by atoms with Crippen LogP contribution in [-0.4, -0.2) is 55.5 Å². The molecule has 3 atom stereocenters. The Bertz CT molecular complexity index is 136. The summed E-state index contributed by atoms with van der Waals surface area (Å²) < 4.78 is 0. The Morgan fingerprint density at radius 2 is 1.64 bits per heavy atom. The van der Waals surface area contributed by atoms with E-state index in [1.54, 1.807) is 0 Å². The monoisotopic (exact) mass is 203 g/mol. The molecule has 0 aliphatic carbocycles. The third-order valence-electron chi connectivity index (χ3n) is 2.57. The topological polar surface area (TPSA) is 52.7 Å². The van der Waals surface area contributed by atoms with Crippen LogP contribution in [0.2, 0.25) is 0 Å². The van der Waals surface area contributed by atoms with Gasteiger partial charge in [-0.2, -0.15) is 0 Å². The van der Waals surface area contributed by atoms with Crippen molar-refractivity contribution in [1.82, 2.24) is 9.80 Å². The first-order valence-corrected chi connectivity index (χ1v) is 5.18. The van der Waals surface area contributed by atoms with Crippen LogP contribution in [0.25, 0.3) is 0 Å². The van der Waals surface area contributed by atoms with Crippen molar-refractivity contribution in [3.05, 3.63) is 0 Å². The summed E-state index contributed by atoms with van der Waals surface area (Å²) in [5.41, 5.74) is 6.02. The van der Waals surface area contributed by atoms with E-state index in [1.807, 2.05) is 38.0 Å². The predicted octanol–water partition coefficient (Wildman–Crippen LogP) is 0.129. The van der Waals surface area contributed by atoms with Gasteiger partial charge in [-0.05, 0) is 34.6 Å². The van der Waals surface area contributed by atoms with Gasteiger partial charge >= 0.3 is 0 Å². The molecular formula is C10H25N3O. The average Bonchev–Trinajstić information content (AvgIpc) is 2.11. The summed E-state index contributed by atoms with van der Waals surface area (Å²) in [5, 5.41) is 9.96. The van der Waals surface area contributed by atoms with Crippen LogP contribution in [0.15, 0.2) is 0 Å². The lowest BCUT2D eigenvalue weighted by atomic mass is 9.97. The van der Waals surface area contributed by atoms with Gasteiger partial charge in [0, 0.05) is 5.92 Å². The molecule has 0 heterocycles. The highest BCUT2D eigenvalue weighted by Crippen LogP contribution is 2.17. The molecule has 0 aromatic rings. The Morgan fingerprint density at radius 3 is 1.93 bits per heavy atom. The van der Waals surface area contributed by atoms with Crippen LogP contribution in [0.4, 0.5) is 0 Å². The van der Waals surface area contributed by atoms with Crippen molar-refractivity contribution in [2.75, 3.05) is 28.2 Å². The van der Waals surface area contributed by atoms with Crippen LogP contribution in [0.1, 0.15) is 19.8 Å². The first-order valence-electron chi connectivity index (χ1n) is 5.18. The molecule has 3 N–H and O–H groups in total. The lowest BCUT2D eigenvalue weighted by Crippen LogP contribution is -2.51. The van der Waals surface area contributed by atoms with Crippen LogP contribution in [0, 0.1) is 5.92 Å². The highest BCUT2D eigenvalue weighted by Gasteiger charge is 2.27. The first kappa shape index (κ1) is 13.8. The molecule has 0 aromatic carbocycles. The summed E-state index contributed by atoms with van der Waals surface area (Å²) in [6.45, 7) is 2.11. The van der Waals surface area contributed by atoms with E-state index in [2.05, 4.69) is 6.92 Å². The Morgan fingerprint density at radius 1 is 1.14 bits per heavy atom. The van der Waals surface area contributed by atoms with E-state index in [4.69, 9.17) is 5.73 Å². The maximum absolute atomic E-state index is 9.96. The maximum Gasteiger partial charge on any atom is 0.112 e. The first-order chi connectivity index (χ1) is 6.41. The molecule has 0 aromatic heterocycles. The van der Waals surface area contributed by atoms with Crippen LogP contribution in [0.3, 0.4) is 0 Å². The van der Waals surface area contributed by atoms with E-state index in [1.165, 1.54) is 0 Å². The molecule has 14 heavy (non-hydrogen) atoms. The average molecular weight is 203 g/mol. The molecule has 0 rings (SSSR count). The summed E-state index contributed by atoms with van der Waals surface area (Å²) in [4.78, 5) is 3.76. The minimum atomic E-state index is -0.465. The second kappa shape index (κ2) is 6.35. The summed E-state index contributed by atoms with van der Waals surface area (Å²) in [5.74, 6) is 0.102. The molecule has 0 aliphatic rings. The van der Waals surface area contributed by atoms with Crippen LogP contribution >= 0.6 is 0 Å². The third-order valence-corrected chi connectivity index (χ3v) is 2.57. The highest BCUT2D eigenvalue weighted by atomic mass is 16.3. The van der Waals surface area contributed by atoms with Crippen molar-refractivity contribution < 1.29 is 5.11 Å². The van der Waals surface area contributed by atoms with Gasteiger partial charge < -0.3 is 10.8 Å². The molecule has 4 heteroatoms. The summed E-state index contributed by atoms with van der Waals surface area (Å²) >= 11 is 0. The number of nitrogens with zero attached hydrogens (tertiary/aromatic N) is 2. The van der Waals surface area contributed by atoms with E-state index >= 15 is 0 Å². The number of nitrogens with two attached hydrogens (primary N) is 1. The Kier molecular flexibility index (Phi) is 6.27. The number of hydrogen-bond donors (Lipinski definition) is 2. The zero-order chi connectivity index (χ0) is 11.3.